The number of nitriles is 2. The van der Waals surface area contributed by atoms with Gasteiger partial charge in [-0.1, -0.05) is 97.1 Å². The number of hydrogen-bond acceptors (Lipinski definition) is 8. The third kappa shape index (κ3) is 8.47. The molecule has 0 fully saturated rings. The molecule has 8 nitrogen and oxygen atoms in total. The van der Waals surface area contributed by atoms with Gasteiger partial charge in [-0.25, -0.2) is 0 Å². The topological polar surface area (TPSA) is 125 Å². The summed E-state index contributed by atoms with van der Waals surface area (Å²) >= 11 is 0. The smallest absolute Gasteiger partial charge is 0.311 e. The minimum Gasteiger partial charge on any atom is -0.426 e. The van der Waals surface area contributed by atoms with Gasteiger partial charge in [0.05, 0.1) is 12.1 Å². The van der Waals surface area contributed by atoms with Crippen LogP contribution in [-0.2, 0) is 9.59 Å². The highest BCUT2D eigenvalue weighted by molar-refractivity contribution is 5.79. The number of para-hydroxylation sites is 2. The molecule has 0 saturated heterocycles. The minimum absolute atomic E-state index is 0.0269. The molecule has 2 atom stereocenters. The van der Waals surface area contributed by atoms with Crippen molar-refractivity contribution in [2.24, 2.45) is 10.2 Å². The number of carbonyl (C=O) groups excluding carboxylic acids is 2. The lowest BCUT2D eigenvalue weighted by atomic mass is 9.97. The number of carbonyl (C=O) groups is 2. The summed E-state index contributed by atoms with van der Waals surface area (Å²) in [7, 11) is 0. The first kappa shape index (κ1) is 31.3. The Balaban J connectivity index is 1.35. The lowest BCUT2D eigenvalue weighted by Gasteiger charge is -2.19. The van der Waals surface area contributed by atoms with Gasteiger partial charge in [0.2, 0.25) is 0 Å². The molecule has 0 radical (unpaired) electrons. The van der Waals surface area contributed by atoms with Gasteiger partial charge in [0.1, 0.15) is 11.5 Å². The molecule has 0 spiro atoms. The van der Waals surface area contributed by atoms with Gasteiger partial charge in [-0.3, -0.25) is 9.59 Å². The molecule has 4 aromatic carbocycles. The molecule has 2 unspecified atom stereocenters. The molecule has 0 saturated carbocycles. The van der Waals surface area contributed by atoms with Crippen molar-refractivity contribution in [2.45, 2.75) is 50.6 Å². The standard InChI is InChI=1S/C36H32N4O4/c1-35(25-37,23-21-33(41)43-31-19-11-9-17-29(31)27-13-5-3-6-14-27)39-40-36(2,26-38)24-22-34(42)44-32-20-12-10-18-30(32)28-15-7-4-8-16-28/h3-20H,21-24H2,1-2H3. The minimum atomic E-state index is -1.38. The van der Waals surface area contributed by atoms with E-state index in [0.717, 1.165) is 22.3 Å². The molecule has 0 aliphatic rings. The maximum absolute atomic E-state index is 12.8. The van der Waals surface area contributed by atoms with Crippen molar-refractivity contribution in [3.8, 4) is 45.9 Å². The summed E-state index contributed by atoms with van der Waals surface area (Å²) in [5.41, 5.74) is 0.599. The van der Waals surface area contributed by atoms with Gasteiger partial charge in [0.15, 0.2) is 11.1 Å². The van der Waals surface area contributed by atoms with Crippen molar-refractivity contribution in [2.75, 3.05) is 0 Å². The fourth-order valence-corrected chi connectivity index (χ4v) is 4.34. The van der Waals surface area contributed by atoms with Gasteiger partial charge in [-0.2, -0.15) is 20.8 Å². The monoisotopic (exact) mass is 584 g/mol. The van der Waals surface area contributed by atoms with Gasteiger partial charge in [-0.05, 0) is 49.9 Å². The SMILES string of the molecule is CC(C#N)(CCC(=O)Oc1ccccc1-c1ccccc1)N=NC(C)(C#N)CCC(=O)Oc1ccccc1-c1ccccc1. The Morgan fingerprint density at radius 2 is 0.932 bits per heavy atom. The average Bonchev–Trinajstić information content (AvgIpc) is 3.07. The molecule has 0 aliphatic carbocycles. The molecule has 8 heteroatoms. The van der Waals surface area contributed by atoms with Crippen LogP contribution in [0.3, 0.4) is 0 Å². The Kier molecular flexibility index (Phi) is 10.3. The van der Waals surface area contributed by atoms with Crippen molar-refractivity contribution in [3.05, 3.63) is 109 Å². The molecule has 4 rings (SSSR count). The highest BCUT2D eigenvalue weighted by Gasteiger charge is 2.30. The lowest BCUT2D eigenvalue weighted by Crippen LogP contribution is -2.26. The van der Waals surface area contributed by atoms with Crippen LogP contribution in [0.1, 0.15) is 39.5 Å². The highest BCUT2D eigenvalue weighted by atomic mass is 16.5. The summed E-state index contributed by atoms with van der Waals surface area (Å²) in [6.45, 7) is 3.07. The number of nitrogens with zero attached hydrogens (tertiary/aromatic N) is 4. The average molecular weight is 585 g/mol. The largest absolute Gasteiger partial charge is 0.426 e. The van der Waals surface area contributed by atoms with E-state index in [4.69, 9.17) is 9.47 Å². The van der Waals surface area contributed by atoms with E-state index in [-0.39, 0.29) is 25.7 Å². The van der Waals surface area contributed by atoms with Crippen LogP contribution in [0.15, 0.2) is 119 Å². The number of ether oxygens (including phenoxy) is 2. The van der Waals surface area contributed by atoms with Gasteiger partial charge < -0.3 is 9.47 Å². The first-order valence-electron chi connectivity index (χ1n) is 14.2. The normalized spacial score (nSPS) is 13.5. The first-order chi connectivity index (χ1) is 21.2. The van der Waals surface area contributed by atoms with Crippen molar-refractivity contribution in [1.29, 1.82) is 10.5 Å². The van der Waals surface area contributed by atoms with E-state index in [1.165, 1.54) is 13.8 Å². The van der Waals surface area contributed by atoms with Gasteiger partial charge in [0, 0.05) is 24.0 Å². The van der Waals surface area contributed by atoms with Crippen molar-refractivity contribution in [3.63, 3.8) is 0 Å². The van der Waals surface area contributed by atoms with Gasteiger partial charge in [0.25, 0.3) is 0 Å². The zero-order chi connectivity index (χ0) is 31.4. The Morgan fingerprint density at radius 3 is 1.30 bits per heavy atom. The highest BCUT2D eigenvalue weighted by Crippen LogP contribution is 2.32. The summed E-state index contributed by atoms with van der Waals surface area (Å²) in [5, 5.41) is 28.0. The van der Waals surface area contributed by atoms with Crippen LogP contribution in [0, 0.1) is 22.7 Å². The predicted octanol–water partition coefficient (Wildman–Crippen LogP) is 8.11. The predicted molar refractivity (Wildman–Crippen MR) is 166 cm³/mol. The van der Waals surface area contributed by atoms with E-state index in [9.17, 15) is 20.1 Å². The molecule has 0 N–H and O–H groups in total. The van der Waals surface area contributed by atoms with Crippen LogP contribution >= 0.6 is 0 Å². The number of benzene rings is 4. The number of hydrogen-bond donors (Lipinski definition) is 0. The number of azo groups is 1. The van der Waals surface area contributed by atoms with E-state index in [2.05, 4.69) is 22.4 Å². The lowest BCUT2D eigenvalue weighted by molar-refractivity contribution is -0.135. The summed E-state index contributed by atoms with van der Waals surface area (Å²) in [4.78, 5) is 25.5. The van der Waals surface area contributed by atoms with Crippen LogP contribution < -0.4 is 9.47 Å². The first-order valence-corrected chi connectivity index (χ1v) is 14.2. The third-order valence-corrected chi connectivity index (χ3v) is 7.00. The van der Waals surface area contributed by atoms with Crippen LogP contribution in [0.5, 0.6) is 11.5 Å². The molecule has 0 heterocycles. The quantitative estimate of drug-likeness (QED) is 0.0941. The maximum atomic E-state index is 12.8. The van der Waals surface area contributed by atoms with E-state index in [1.807, 2.05) is 84.9 Å². The summed E-state index contributed by atoms with van der Waals surface area (Å²) < 4.78 is 11.3. The molecule has 0 amide bonds. The second kappa shape index (κ2) is 14.5. The summed E-state index contributed by atoms with van der Waals surface area (Å²) in [6, 6.07) is 37.7. The molecule has 0 bridgehead atoms. The molecule has 0 aromatic heterocycles. The molecule has 4 aromatic rings. The Morgan fingerprint density at radius 1 is 0.591 bits per heavy atom. The zero-order valence-corrected chi connectivity index (χ0v) is 24.6. The Labute approximate surface area is 257 Å². The van der Waals surface area contributed by atoms with Crippen molar-refractivity contribution >= 4 is 11.9 Å². The van der Waals surface area contributed by atoms with Gasteiger partial charge >= 0.3 is 11.9 Å². The van der Waals surface area contributed by atoms with E-state index in [0.29, 0.717) is 11.5 Å². The second-order valence-corrected chi connectivity index (χ2v) is 10.6. The van der Waals surface area contributed by atoms with E-state index < -0.39 is 23.0 Å². The fourth-order valence-electron chi connectivity index (χ4n) is 4.34. The summed E-state index contributed by atoms with van der Waals surface area (Å²) in [6.07, 6.45) is -0.135. The zero-order valence-electron chi connectivity index (χ0n) is 24.6. The number of esters is 2. The van der Waals surface area contributed by atoms with Crippen LogP contribution in [0.4, 0.5) is 0 Å². The molecule has 44 heavy (non-hydrogen) atoms. The Bertz CT molecular complexity index is 1580. The number of rotatable bonds is 12. The molecular formula is C36H32N4O4. The van der Waals surface area contributed by atoms with E-state index in [1.54, 1.807) is 24.3 Å². The molecule has 220 valence electrons. The maximum Gasteiger partial charge on any atom is 0.311 e. The van der Waals surface area contributed by atoms with Crippen LogP contribution in [0.25, 0.3) is 22.3 Å². The second-order valence-electron chi connectivity index (χ2n) is 10.6. The Hall–Kier alpha value is -5.60. The summed E-state index contributed by atoms with van der Waals surface area (Å²) in [5.74, 6) is -0.211. The van der Waals surface area contributed by atoms with Crippen molar-refractivity contribution < 1.29 is 19.1 Å². The van der Waals surface area contributed by atoms with Crippen LogP contribution in [0.2, 0.25) is 0 Å². The third-order valence-electron chi connectivity index (χ3n) is 7.00. The van der Waals surface area contributed by atoms with Crippen molar-refractivity contribution in [1.82, 2.24) is 0 Å². The molecular weight excluding hydrogens is 552 g/mol. The van der Waals surface area contributed by atoms with Crippen LogP contribution in [-0.4, -0.2) is 23.0 Å². The fraction of sp³-hybridized carbons (Fsp3) is 0.222. The van der Waals surface area contributed by atoms with Gasteiger partial charge in [-0.15, -0.1) is 0 Å². The molecule has 0 aliphatic heterocycles. The van der Waals surface area contributed by atoms with E-state index >= 15 is 0 Å².